The van der Waals surface area contributed by atoms with Crippen LogP contribution in [0.1, 0.15) is 43.0 Å². The molecule has 7 heteroatoms. The maximum atomic E-state index is 13.0. The monoisotopic (exact) mass is 402 g/mol. The molecule has 1 N–H and O–H groups in total. The predicted molar refractivity (Wildman–Crippen MR) is 109 cm³/mol. The van der Waals surface area contributed by atoms with E-state index < -0.39 is 10.0 Å². The summed E-state index contributed by atoms with van der Waals surface area (Å²) in [6.45, 7) is 2.80. The Labute approximate surface area is 166 Å². The predicted octanol–water partition coefficient (Wildman–Crippen LogP) is 3.90. The van der Waals surface area contributed by atoms with E-state index in [9.17, 15) is 13.2 Å². The van der Waals surface area contributed by atoms with Crippen molar-refractivity contribution >= 4 is 21.6 Å². The lowest BCUT2D eigenvalue weighted by atomic mass is 9.99. The number of anilines is 1. The minimum Gasteiger partial charge on any atom is -0.497 e. The Bertz CT molecular complexity index is 926. The lowest BCUT2D eigenvalue weighted by molar-refractivity contribution is 0.0608. The zero-order chi connectivity index (χ0) is 20.1. The van der Waals surface area contributed by atoms with E-state index in [1.807, 2.05) is 4.90 Å². The maximum absolute atomic E-state index is 13.0. The Hall–Kier alpha value is -2.54. The molecule has 1 aliphatic rings. The highest BCUT2D eigenvalue weighted by molar-refractivity contribution is 7.92. The third-order valence-corrected chi connectivity index (χ3v) is 6.47. The van der Waals surface area contributed by atoms with Crippen molar-refractivity contribution in [3.8, 4) is 5.75 Å². The Morgan fingerprint density at radius 1 is 1.18 bits per heavy atom. The minimum atomic E-state index is -3.80. The number of sulfonamides is 1. The second-order valence-corrected chi connectivity index (χ2v) is 8.60. The highest BCUT2D eigenvalue weighted by Crippen LogP contribution is 2.24. The molecule has 0 bridgehead atoms. The molecule has 1 saturated heterocycles. The van der Waals surface area contributed by atoms with Gasteiger partial charge in [0.25, 0.3) is 15.9 Å². The van der Waals surface area contributed by atoms with Gasteiger partial charge in [0.15, 0.2) is 0 Å². The summed E-state index contributed by atoms with van der Waals surface area (Å²) in [4.78, 5) is 14.9. The van der Waals surface area contributed by atoms with E-state index in [-0.39, 0.29) is 16.8 Å². The van der Waals surface area contributed by atoms with E-state index in [4.69, 9.17) is 4.74 Å². The van der Waals surface area contributed by atoms with Crippen LogP contribution in [-0.2, 0) is 10.0 Å². The molecule has 1 atom stereocenters. The van der Waals surface area contributed by atoms with Crippen molar-refractivity contribution in [3.05, 3.63) is 54.1 Å². The van der Waals surface area contributed by atoms with Crippen molar-refractivity contribution in [1.29, 1.82) is 0 Å². The Kier molecular flexibility index (Phi) is 6.24. The molecule has 28 heavy (non-hydrogen) atoms. The topological polar surface area (TPSA) is 75.7 Å². The molecule has 0 saturated carbocycles. The molecule has 1 amide bonds. The molecule has 1 aliphatic heterocycles. The molecule has 0 aromatic heterocycles. The molecule has 2 aromatic carbocycles. The number of rotatable bonds is 6. The summed E-state index contributed by atoms with van der Waals surface area (Å²) in [5, 5.41) is 0. The summed E-state index contributed by atoms with van der Waals surface area (Å²) >= 11 is 0. The quantitative estimate of drug-likeness (QED) is 0.795. The van der Waals surface area contributed by atoms with Crippen LogP contribution in [0, 0.1) is 0 Å². The van der Waals surface area contributed by atoms with Gasteiger partial charge in [-0.2, -0.15) is 0 Å². The van der Waals surface area contributed by atoms with Crippen molar-refractivity contribution in [3.63, 3.8) is 0 Å². The smallest absolute Gasteiger partial charge is 0.261 e. The number of benzene rings is 2. The van der Waals surface area contributed by atoms with Gasteiger partial charge in [-0.05, 0) is 68.1 Å². The fraction of sp³-hybridized carbons (Fsp3) is 0.381. The molecule has 0 aliphatic carbocycles. The minimum absolute atomic E-state index is 0.0687. The Balaban J connectivity index is 1.81. The molecule has 1 fully saturated rings. The van der Waals surface area contributed by atoms with Crippen LogP contribution in [0.15, 0.2) is 53.4 Å². The third-order valence-electron chi connectivity index (χ3n) is 5.09. The lowest BCUT2D eigenvalue weighted by Gasteiger charge is -2.35. The van der Waals surface area contributed by atoms with Crippen molar-refractivity contribution in [1.82, 2.24) is 4.90 Å². The standard InChI is InChI=1S/C21H26N2O4S/c1-3-18-8-4-5-14-23(18)21(24)16-7-6-9-20(15-16)28(25,26)22-17-10-12-19(27-2)13-11-17/h6-7,9-13,15,18,22H,3-5,8,14H2,1-2H3. The van der Waals surface area contributed by atoms with Crippen molar-refractivity contribution in [2.24, 2.45) is 0 Å². The van der Waals surface area contributed by atoms with Gasteiger partial charge in [0, 0.05) is 23.8 Å². The molecule has 3 rings (SSSR count). The number of carbonyl (C=O) groups excluding carboxylic acids is 1. The maximum Gasteiger partial charge on any atom is 0.261 e. The van der Waals surface area contributed by atoms with Gasteiger partial charge < -0.3 is 9.64 Å². The molecular weight excluding hydrogens is 376 g/mol. The largest absolute Gasteiger partial charge is 0.497 e. The van der Waals surface area contributed by atoms with Crippen molar-refractivity contribution in [2.75, 3.05) is 18.4 Å². The van der Waals surface area contributed by atoms with Gasteiger partial charge in [0.1, 0.15) is 5.75 Å². The van der Waals surface area contributed by atoms with Gasteiger partial charge in [-0.1, -0.05) is 13.0 Å². The van der Waals surface area contributed by atoms with E-state index >= 15 is 0 Å². The fourth-order valence-corrected chi connectivity index (χ4v) is 4.63. The molecule has 0 spiro atoms. The molecule has 2 aromatic rings. The zero-order valence-electron chi connectivity index (χ0n) is 16.2. The first-order valence-corrected chi connectivity index (χ1v) is 11.0. The normalized spacial score (nSPS) is 17.2. The number of nitrogens with zero attached hydrogens (tertiary/aromatic N) is 1. The van der Waals surface area contributed by atoms with Crippen LogP contribution in [0.25, 0.3) is 0 Å². The SMILES string of the molecule is CCC1CCCCN1C(=O)c1cccc(S(=O)(=O)Nc2ccc(OC)cc2)c1. The summed E-state index contributed by atoms with van der Waals surface area (Å²) < 4.78 is 33.1. The zero-order valence-corrected chi connectivity index (χ0v) is 17.0. The highest BCUT2D eigenvalue weighted by Gasteiger charge is 2.27. The van der Waals surface area contributed by atoms with Crippen LogP contribution in [0.2, 0.25) is 0 Å². The summed E-state index contributed by atoms with van der Waals surface area (Å²) in [5.41, 5.74) is 0.831. The number of likely N-dealkylation sites (tertiary alicyclic amines) is 1. The van der Waals surface area contributed by atoms with Gasteiger partial charge in [-0.3, -0.25) is 9.52 Å². The van der Waals surface area contributed by atoms with E-state index in [1.165, 1.54) is 12.1 Å². The van der Waals surface area contributed by atoms with E-state index in [2.05, 4.69) is 11.6 Å². The number of methoxy groups -OCH3 is 1. The number of hydrogen-bond acceptors (Lipinski definition) is 4. The molecule has 0 radical (unpaired) electrons. The van der Waals surface area contributed by atoms with Crippen LogP contribution in [0.3, 0.4) is 0 Å². The summed E-state index contributed by atoms with van der Waals surface area (Å²) in [6, 6.07) is 13.1. The summed E-state index contributed by atoms with van der Waals surface area (Å²) in [7, 11) is -2.25. The van der Waals surface area contributed by atoms with Crippen molar-refractivity contribution < 1.29 is 17.9 Å². The van der Waals surface area contributed by atoms with Crippen molar-refractivity contribution in [2.45, 2.75) is 43.5 Å². The summed E-state index contributed by atoms with van der Waals surface area (Å²) in [5.74, 6) is 0.538. The van der Waals surface area contributed by atoms with Gasteiger partial charge >= 0.3 is 0 Å². The molecule has 150 valence electrons. The molecule has 1 unspecified atom stereocenters. The first-order chi connectivity index (χ1) is 13.4. The lowest BCUT2D eigenvalue weighted by Crippen LogP contribution is -2.43. The van der Waals surface area contributed by atoms with Gasteiger partial charge in [0.05, 0.1) is 12.0 Å². The van der Waals surface area contributed by atoms with Crippen LogP contribution in [0.5, 0.6) is 5.75 Å². The average Bonchev–Trinajstić information content (AvgIpc) is 2.73. The molecule has 6 nitrogen and oxygen atoms in total. The third kappa shape index (κ3) is 4.47. The van der Waals surface area contributed by atoms with Crippen LogP contribution in [0.4, 0.5) is 5.69 Å². The summed E-state index contributed by atoms with van der Waals surface area (Å²) in [6.07, 6.45) is 4.02. The van der Waals surface area contributed by atoms with E-state index in [1.54, 1.807) is 43.5 Å². The van der Waals surface area contributed by atoms with E-state index in [0.717, 1.165) is 32.2 Å². The number of hydrogen-bond donors (Lipinski definition) is 1. The van der Waals surface area contributed by atoms with E-state index in [0.29, 0.717) is 17.0 Å². The van der Waals surface area contributed by atoms with Crippen LogP contribution >= 0.6 is 0 Å². The second-order valence-electron chi connectivity index (χ2n) is 6.92. The van der Waals surface area contributed by atoms with Crippen LogP contribution in [-0.4, -0.2) is 38.9 Å². The highest BCUT2D eigenvalue weighted by atomic mass is 32.2. The second kappa shape index (κ2) is 8.65. The number of nitrogens with one attached hydrogen (secondary N) is 1. The Morgan fingerprint density at radius 2 is 1.93 bits per heavy atom. The van der Waals surface area contributed by atoms with Gasteiger partial charge in [-0.15, -0.1) is 0 Å². The van der Waals surface area contributed by atoms with Gasteiger partial charge in [0.2, 0.25) is 0 Å². The number of carbonyl (C=O) groups is 1. The first-order valence-electron chi connectivity index (χ1n) is 9.52. The molecular formula is C21H26N2O4S. The first kappa shape index (κ1) is 20.2. The van der Waals surface area contributed by atoms with Gasteiger partial charge in [-0.25, -0.2) is 8.42 Å². The van der Waals surface area contributed by atoms with Crippen LogP contribution < -0.4 is 9.46 Å². The number of piperidine rings is 1. The Morgan fingerprint density at radius 3 is 2.61 bits per heavy atom. The fourth-order valence-electron chi connectivity index (χ4n) is 3.53. The number of amides is 1. The molecule has 1 heterocycles. The average molecular weight is 403 g/mol. The number of ether oxygens (including phenoxy) is 1.